The maximum atomic E-state index is 12.0. The predicted octanol–water partition coefficient (Wildman–Crippen LogP) is 3.80. The number of rotatable bonds is 3. The Morgan fingerprint density at radius 3 is 2.80 bits per heavy atom. The predicted molar refractivity (Wildman–Crippen MR) is 79.6 cm³/mol. The Morgan fingerprint density at radius 2 is 2.05 bits per heavy atom. The summed E-state index contributed by atoms with van der Waals surface area (Å²) < 4.78 is 10.9. The normalized spacial score (nSPS) is 14.1. The zero-order valence-electron chi connectivity index (χ0n) is 11.1. The molecule has 0 radical (unpaired) electrons. The molecule has 20 heavy (non-hydrogen) atoms. The lowest BCUT2D eigenvalue weighted by atomic mass is 9.91. The van der Waals surface area contributed by atoms with E-state index in [1.807, 2.05) is 12.1 Å². The second-order valence-electron chi connectivity index (χ2n) is 5.02. The highest BCUT2D eigenvalue weighted by Gasteiger charge is 2.18. The number of halogens is 1. The molecule has 1 heterocycles. The van der Waals surface area contributed by atoms with Gasteiger partial charge in [0.05, 0.1) is 0 Å². The lowest BCUT2D eigenvalue weighted by Crippen LogP contribution is -2.15. The third-order valence-electron chi connectivity index (χ3n) is 3.59. The Labute approximate surface area is 121 Å². The second kappa shape index (κ2) is 5.33. The molecule has 4 heteroatoms. The molecule has 0 bridgehead atoms. The summed E-state index contributed by atoms with van der Waals surface area (Å²) in [5.74, 6) is 0.623. The number of aryl methyl sites for hydroxylation is 1. The van der Waals surface area contributed by atoms with Gasteiger partial charge in [0.1, 0.15) is 17.9 Å². The molecule has 0 spiro atoms. The first-order valence-corrected chi connectivity index (χ1v) is 7.07. The molecule has 0 unspecified atom stereocenters. The Kier molecular flexibility index (Phi) is 3.53. The van der Waals surface area contributed by atoms with Crippen LogP contribution >= 0.6 is 11.6 Å². The minimum atomic E-state index is -0.217. The van der Waals surface area contributed by atoms with Crippen molar-refractivity contribution in [2.24, 2.45) is 0 Å². The van der Waals surface area contributed by atoms with E-state index in [9.17, 15) is 4.79 Å². The van der Waals surface area contributed by atoms with Crippen LogP contribution < -0.4 is 10.4 Å². The molecule has 1 aromatic heterocycles. The number of ether oxygens (including phenoxy) is 1. The number of hydrogen-bond donors (Lipinski definition) is 0. The molecule has 0 N–H and O–H groups in total. The molecule has 2 aromatic rings. The molecule has 1 aromatic carbocycles. The van der Waals surface area contributed by atoms with Crippen LogP contribution in [0.2, 0.25) is 0 Å². The molecule has 3 rings (SSSR count). The molecular formula is C16H15ClO3. The van der Waals surface area contributed by atoms with Gasteiger partial charge in [-0.05, 0) is 43.4 Å². The van der Waals surface area contributed by atoms with Crippen LogP contribution in [0, 0.1) is 0 Å². The molecule has 1 aliphatic carbocycles. The van der Waals surface area contributed by atoms with E-state index in [2.05, 4.69) is 6.58 Å². The van der Waals surface area contributed by atoms with E-state index in [0.29, 0.717) is 16.4 Å². The first-order chi connectivity index (χ1) is 9.65. The summed E-state index contributed by atoms with van der Waals surface area (Å²) in [6.45, 7) is 3.81. The third kappa shape index (κ3) is 2.46. The van der Waals surface area contributed by atoms with Crippen LogP contribution in [0.1, 0.15) is 24.0 Å². The molecule has 104 valence electrons. The fourth-order valence-corrected chi connectivity index (χ4v) is 2.73. The molecule has 1 aliphatic rings. The summed E-state index contributed by atoms with van der Waals surface area (Å²) in [6, 6.07) is 5.57. The van der Waals surface area contributed by atoms with Crippen molar-refractivity contribution >= 4 is 22.6 Å². The first kappa shape index (κ1) is 13.3. The lowest BCUT2D eigenvalue weighted by Gasteiger charge is -2.16. The van der Waals surface area contributed by atoms with Crippen molar-refractivity contribution in [2.45, 2.75) is 25.7 Å². The van der Waals surface area contributed by atoms with E-state index in [0.717, 1.165) is 42.2 Å². The lowest BCUT2D eigenvalue weighted by molar-refractivity contribution is 0.359. The van der Waals surface area contributed by atoms with E-state index in [1.54, 1.807) is 6.07 Å². The van der Waals surface area contributed by atoms with Gasteiger partial charge in [-0.2, -0.15) is 0 Å². The minimum Gasteiger partial charge on any atom is -0.488 e. The van der Waals surface area contributed by atoms with Crippen LogP contribution in [-0.2, 0) is 12.8 Å². The Bertz CT molecular complexity index is 730. The van der Waals surface area contributed by atoms with E-state index >= 15 is 0 Å². The zero-order chi connectivity index (χ0) is 14.1. The second-order valence-corrected chi connectivity index (χ2v) is 5.55. The van der Waals surface area contributed by atoms with E-state index in [4.69, 9.17) is 20.8 Å². The molecular weight excluding hydrogens is 276 g/mol. The van der Waals surface area contributed by atoms with Gasteiger partial charge in [-0.3, -0.25) is 0 Å². The molecule has 0 atom stereocenters. The van der Waals surface area contributed by atoms with Gasteiger partial charge < -0.3 is 9.15 Å². The van der Waals surface area contributed by atoms with Gasteiger partial charge in [0.15, 0.2) is 0 Å². The quantitative estimate of drug-likeness (QED) is 0.807. The standard InChI is InChI=1S/C16H15ClO3/c1-10(17)9-19-11-6-7-13-12-4-2-3-5-14(12)16(18)20-15(13)8-11/h6-8H,1-5,9H2. The van der Waals surface area contributed by atoms with Gasteiger partial charge in [-0.1, -0.05) is 18.2 Å². The summed E-state index contributed by atoms with van der Waals surface area (Å²) in [7, 11) is 0. The monoisotopic (exact) mass is 290 g/mol. The minimum absolute atomic E-state index is 0.217. The Hall–Kier alpha value is -1.74. The topological polar surface area (TPSA) is 39.4 Å². The van der Waals surface area contributed by atoms with Crippen molar-refractivity contribution in [2.75, 3.05) is 6.61 Å². The van der Waals surface area contributed by atoms with Crippen LogP contribution in [0.4, 0.5) is 0 Å². The molecule has 0 saturated carbocycles. The highest BCUT2D eigenvalue weighted by Crippen LogP contribution is 2.29. The van der Waals surface area contributed by atoms with Crippen molar-refractivity contribution < 1.29 is 9.15 Å². The summed E-state index contributed by atoms with van der Waals surface area (Å²) in [5.41, 5.74) is 2.33. The molecule has 3 nitrogen and oxygen atoms in total. The van der Waals surface area contributed by atoms with Crippen LogP contribution in [0.25, 0.3) is 11.0 Å². The van der Waals surface area contributed by atoms with E-state index in [-0.39, 0.29) is 12.2 Å². The van der Waals surface area contributed by atoms with Crippen molar-refractivity contribution in [1.82, 2.24) is 0 Å². The molecule has 0 fully saturated rings. The number of benzene rings is 1. The highest BCUT2D eigenvalue weighted by molar-refractivity contribution is 6.29. The maximum absolute atomic E-state index is 12.0. The van der Waals surface area contributed by atoms with E-state index < -0.39 is 0 Å². The average molecular weight is 291 g/mol. The van der Waals surface area contributed by atoms with Crippen LogP contribution in [0.3, 0.4) is 0 Å². The van der Waals surface area contributed by atoms with Crippen LogP contribution in [0.5, 0.6) is 5.75 Å². The highest BCUT2D eigenvalue weighted by atomic mass is 35.5. The van der Waals surface area contributed by atoms with Gasteiger partial charge in [0, 0.05) is 22.0 Å². The fourth-order valence-electron chi connectivity index (χ4n) is 2.68. The van der Waals surface area contributed by atoms with Crippen molar-refractivity contribution in [1.29, 1.82) is 0 Å². The Morgan fingerprint density at radius 1 is 1.30 bits per heavy atom. The van der Waals surface area contributed by atoms with Crippen molar-refractivity contribution in [3.05, 3.63) is 51.4 Å². The van der Waals surface area contributed by atoms with Gasteiger partial charge >= 0.3 is 5.63 Å². The van der Waals surface area contributed by atoms with E-state index in [1.165, 1.54) is 0 Å². The van der Waals surface area contributed by atoms with Crippen molar-refractivity contribution in [3.63, 3.8) is 0 Å². The summed E-state index contributed by atoms with van der Waals surface area (Å²) in [4.78, 5) is 12.0. The van der Waals surface area contributed by atoms with Gasteiger partial charge in [-0.25, -0.2) is 4.79 Å². The maximum Gasteiger partial charge on any atom is 0.339 e. The molecule has 0 aliphatic heterocycles. The number of fused-ring (bicyclic) bond motifs is 3. The van der Waals surface area contributed by atoms with Crippen LogP contribution in [-0.4, -0.2) is 6.61 Å². The largest absolute Gasteiger partial charge is 0.488 e. The summed E-state index contributed by atoms with van der Waals surface area (Å²) in [6.07, 6.45) is 3.94. The molecule has 0 amide bonds. The first-order valence-electron chi connectivity index (χ1n) is 6.70. The number of hydrogen-bond acceptors (Lipinski definition) is 3. The summed E-state index contributed by atoms with van der Waals surface area (Å²) in [5, 5.41) is 1.44. The third-order valence-corrected chi connectivity index (χ3v) is 3.70. The Balaban J connectivity index is 2.07. The van der Waals surface area contributed by atoms with Gasteiger partial charge in [0.2, 0.25) is 0 Å². The SMILES string of the molecule is C=C(Cl)COc1ccc2c3c(c(=O)oc2c1)CCCC3. The average Bonchev–Trinajstić information content (AvgIpc) is 2.45. The van der Waals surface area contributed by atoms with Crippen LogP contribution in [0.15, 0.2) is 39.0 Å². The van der Waals surface area contributed by atoms with Crippen molar-refractivity contribution in [3.8, 4) is 5.75 Å². The summed E-state index contributed by atoms with van der Waals surface area (Å²) >= 11 is 5.67. The zero-order valence-corrected chi connectivity index (χ0v) is 11.8. The smallest absolute Gasteiger partial charge is 0.339 e. The van der Waals surface area contributed by atoms with Gasteiger partial charge in [-0.15, -0.1) is 0 Å². The molecule has 0 saturated heterocycles. The van der Waals surface area contributed by atoms with Gasteiger partial charge in [0.25, 0.3) is 0 Å². The fraction of sp³-hybridized carbons (Fsp3) is 0.312.